The molecule has 1 N–H and O–H groups in total. The lowest BCUT2D eigenvalue weighted by Gasteiger charge is -2.30. The van der Waals surface area contributed by atoms with Gasteiger partial charge in [0.1, 0.15) is 5.75 Å². The van der Waals surface area contributed by atoms with Gasteiger partial charge in [-0.15, -0.1) is 0 Å². The number of carbonyl (C=O) groups is 1. The molecule has 1 aromatic rings. The summed E-state index contributed by atoms with van der Waals surface area (Å²) in [6, 6.07) is 7.86. The number of hydrogen-bond donors (Lipinski definition) is 1. The molecule has 2 amide bonds. The molecular formula is C18H30N2O2. The number of nitrogens with one attached hydrogen (secondary N) is 1. The van der Waals surface area contributed by atoms with Crippen molar-refractivity contribution in [1.29, 1.82) is 0 Å². The van der Waals surface area contributed by atoms with Gasteiger partial charge in [-0.3, -0.25) is 0 Å². The van der Waals surface area contributed by atoms with Crippen molar-refractivity contribution >= 4 is 6.03 Å². The average Bonchev–Trinajstić information content (AvgIpc) is 2.43. The maximum atomic E-state index is 12.3. The maximum absolute atomic E-state index is 12.3. The van der Waals surface area contributed by atoms with E-state index in [1.54, 1.807) is 4.90 Å². The molecule has 1 rings (SSSR count). The van der Waals surface area contributed by atoms with Crippen LogP contribution in [0.25, 0.3) is 0 Å². The third kappa shape index (κ3) is 5.58. The Labute approximate surface area is 134 Å². The van der Waals surface area contributed by atoms with Gasteiger partial charge < -0.3 is 15.0 Å². The van der Waals surface area contributed by atoms with E-state index in [0.717, 1.165) is 30.7 Å². The number of amides is 2. The van der Waals surface area contributed by atoms with Gasteiger partial charge in [-0.25, -0.2) is 4.79 Å². The molecule has 1 aromatic carbocycles. The molecule has 0 aliphatic carbocycles. The Morgan fingerprint density at radius 2 is 2.05 bits per heavy atom. The van der Waals surface area contributed by atoms with Crippen molar-refractivity contribution in [3.05, 3.63) is 29.8 Å². The van der Waals surface area contributed by atoms with Crippen LogP contribution >= 0.6 is 0 Å². The van der Waals surface area contributed by atoms with Gasteiger partial charge in [-0.05, 0) is 51.8 Å². The van der Waals surface area contributed by atoms with Crippen molar-refractivity contribution in [3.8, 4) is 5.75 Å². The maximum Gasteiger partial charge on any atom is 0.317 e. The summed E-state index contributed by atoms with van der Waals surface area (Å²) in [6.07, 6.45) is 2.23. The molecule has 0 aromatic heterocycles. The first kappa shape index (κ1) is 18.3. The highest BCUT2D eigenvalue weighted by Crippen LogP contribution is 2.25. The van der Waals surface area contributed by atoms with Gasteiger partial charge in [0.05, 0.1) is 11.6 Å². The Balaban J connectivity index is 2.78. The molecule has 0 aliphatic heterocycles. The van der Waals surface area contributed by atoms with Crippen LogP contribution in [0.2, 0.25) is 0 Å². The van der Waals surface area contributed by atoms with Gasteiger partial charge in [-0.2, -0.15) is 0 Å². The number of nitrogens with zero attached hydrogens (tertiary/aromatic N) is 1. The summed E-state index contributed by atoms with van der Waals surface area (Å²) in [7, 11) is 1.83. The number of benzene rings is 1. The Morgan fingerprint density at radius 3 is 2.64 bits per heavy atom. The van der Waals surface area contributed by atoms with E-state index in [4.69, 9.17) is 4.74 Å². The minimum absolute atomic E-state index is 0.0476. The average molecular weight is 306 g/mol. The van der Waals surface area contributed by atoms with Gasteiger partial charge in [0.25, 0.3) is 0 Å². The fourth-order valence-electron chi connectivity index (χ4n) is 2.16. The topological polar surface area (TPSA) is 41.6 Å². The Morgan fingerprint density at radius 1 is 1.36 bits per heavy atom. The lowest BCUT2D eigenvalue weighted by atomic mass is 9.94. The van der Waals surface area contributed by atoms with Crippen molar-refractivity contribution < 1.29 is 9.53 Å². The Kier molecular flexibility index (Phi) is 6.72. The Hall–Kier alpha value is -1.71. The van der Waals surface area contributed by atoms with E-state index in [2.05, 4.69) is 12.2 Å². The molecular weight excluding hydrogens is 276 g/mol. The van der Waals surface area contributed by atoms with Gasteiger partial charge >= 0.3 is 6.03 Å². The molecule has 0 saturated heterocycles. The van der Waals surface area contributed by atoms with E-state index in [0.29, 0.717) is 0 Å². The van der Waals surface area contributed by atoms with Gasteiger partial charge in [0, 0.05) is 13.6 Å². The molecule has 0 bridgehead atoms. The molecule has 0 fully saturated rings. The summed E-state index contributed by atoms with van der Waals surface area (Å²) in [5.41, 5.74) is 0.580. The van der Waals surface area contributed by atoms with Crippen molar-refractivity contribution in [2.24, 2.45) is 0 Å². The van der Waals surface area contributed by atoms with E-state index < -0.39 is 5.54 Å². The van der Waals surface area contributed by atoms with Crippen molar-refractivity contribution in [3.63, 3.8) is 0 Å². The van der Waals surface area contributed by atoms with Crippen LogP contribution in [0.3, 0.4) is 0 Å². The highest BCUT2D eigenvalue weighted by atomic mass is 16.5. The first-order valence-corrected chi connectivity index (χ1v) is 8.06. The van der Waals surface area contributed by atoms with Crippen molar-refractivity contribution in [2.75, 3.05) is 13.6 Å². The van der Waals surface area contributed by atoms with Crippen LogP contribution in [-0.2, 0) is 5.54 Å². The fraction of sp³-hybridized carbons (Fsp3) is 0.611. The second kappa shape index (κ2) is 8.06. The molecule has 0 radical (unpaired) electrons. The first-order valence-electron chi connectivity index (χ1n) is 8.06. The van der Waals surface area contributed by atoms with Gasteiger partial charge in [0.15, 0.2) is 0 Å². The molecule has 124 valence electrons. The van der Waals surface area contributed by atoms with Crippen LogP contribution < -0.4 is 10.1 Å². The summed E-state index contributed by atoms with van der Waals surface area (Å²) in [6.45, 7) is 10.9. The monoisotopic (exact) mass is 306 g/mol. The zero-order valence-corrected chi connectivity index (χ0v) is 14.8. The van der Waals surface area contributed by atoms with Crippen LogP contribution in [0.1, 0.15) is 53.0 Å². The Bertz CT molecular complexity index is 484. The molecule has 4 nitrogen and oxygen atoms in total. The highest BCUT2D eigenvalue weighted by molar-refractivity contribution is 5.75. The predicted octanol–water partition coefficient (Wildman–Crippen LogP) is 4.15. The lowest BCUT2D eigenvalue weighted by Crippen LogP contribution is -2.47. The smallest absolute Gasteiger partial charge is 0.317 e. The van der Waals surface area contributed by atoms with E-state index in [-0.39, 0.29) is 12.1 Å². The van der Waals surface area contributed by atoms with Crippen LogP contribution in [0.5, 0.6) is 5.75 Å². The largest absolute Gasteiger partial charge is 0.491 e. The third-order valence-corrected chi connectivity index (χ3v) is 3.54. The molecule has 22 heavy (non-hydrogen) atoms. The molecule has 0 unspecified atom stereocenters. The summed E-state index contributed by atoms with van der Waals surface area (Å²) in [5, 5.41) is 3.09. The summed E-state index contributed by atoms with van der Waals surface area (Å²) < 4.78 is 5.73. The zero-order valence-electron chi connectivity index (χ0n) is 14.8. The predicted molar refractivity (Wildman–Crippen MR) is 91.3 cm³/mol. The summed E-state index contributed by atoms with van der Waals surface area (Å²) in [5.74, 6) is 0.828. The van der Waals surface area contributed by atoms with Gasteiger partial charge in [-0.1, -0.05) is 25.5 Å². The van der Waals surface area contributed by atoms with Crippen LogP contribution in [-0.4, -0.2) is 30.6 Å². The molecule has 0 spiro atoms. The van der Waals surface area contributed by atoms with Crippen molar-refractivity contribution in [1.82, 2.24) is 10.2 Å². The van der Waals surface area contributed by atoms with E-state index in [1.807, 2.05) is 59.0 Å². The fourth-order valence-corrected chi connectivity index (χ4v) is 2.16. The SMILES string of the molecule is CCCCN(C)C(=O)NC(C)(C)c1cccc(OC(C)C)c1. The second-order valence-electron chi connectivity index (χ2n) is 6.52. The zero-order chi connectivity index (χ0) is 16.8. The van der Waals surface area contributed by atoms with E-state index in [9.17, 15) is 4.79 Å². The third-order valence-electron chi connectivity index (χ3n) is 3.54. The number of rotatable bonds is 7. The van der Waals surface area contributed by atoms with Crippen LogP contribution in [0.4, 0.5) is 4.79 Å². The number of carbonyl (C=O) groups excluding carboxylic acids is 1. The minimum atomic E-state index is -0.450. The first-order chi connectivity index (χ1) is 10.3. The number of ether oxygens (including phenoxy) is 1. The van der Waals surface area contributed by atoms with E-state index >= 15 is 0 Å². The molecule has 4 heteroatoms. The van der Waals surface area contributed by atoms with Crippen molar-refractivity contribution in [2.45, 2.75) is 59.1 Å². The molecule has 0 atom stereocenters. The highest BCUT2D eigenvalue weighted by Gasteiger charge is 2.24. The standard InChI is InChI=1S/C18H30N2O2/c1-7-8-12-20(6)17(21)19-18(4,5)15-10-9-11-16(13-15)22-14(2)3/h9-11,13-14H,7-8,12H2,1-6H3,(H,19,21). The van der Waals surface area contributed by atoms with Crippen LogP contribution in [0, 0.1) is 0 Å². The number of urea groups is 1. The van der Waals surface area contributed by atoms with Gasteiger partial charge in [0.2, 0.25) is 0 Å². The summed E-state index contributed by atoms with van der Waals surface area (Å²) in [4.78, 5) is 14.0. The second-order valence-corrected chi connectivity index (χ2v) is 6.52. The lowest BCUT2D eigenvalue weighted by molar-refractivity contribution is 0.196. The minimum Gasteiger partial charge on any atom is -0.491 e. The van der Waals surface area contributed by atoms with Crippen LogP contribution in [0.15, 0.2) is 24.3 Å². The molecule has 0 saturated carbocycles. The molecule has 0 aliphatic rings. The normalized spacial score (nSPS) is 11.4. The summed E-state index contributed by atoms with van der Waals surface area (Å²) >= 11 is 0. The molecule has 0 heterocycles. The van der Waals surface area contributed by atoms with E-state index in [1.165, 1.54) is 0 Å². The number of unbranched alkanes of at least 4 members (excludes halogenated alkanes) is 1. The quantitative estimate of drug-likeness (QED) is 0.822. The number of hydrogen-bond acceptors (Lipinski definition) is 2.